The van der Waals surface area contributed by atoms with Gasteiger partial charge >= 0.3 is 11.9 Å². The number of aliphatic hydroxyl groups excluding tert-OH is 1. The summed E-state index contributed by atoms with van der Waals surface area (Å²) in [5, 5.41) is 9.04. The van der Waals surface area contributed by atoms with Crippen molar-refractivity contribution < 1.29 is 24.2 Å². The van der Waals surface area contributed by atoms with E-state index in [0.717, 1.165) is 5.56 Å². The van der Waals surface area contributed by atoms with Crippen molar-refractivity contribution >= 4 is 11.9 Å². The van der Waals surface area contributed by atoms with Crippen LogP contribution in [0.3, 0.4) is 0 Å². The number of benzene rings is 1. The number of rotatable bonds is 6. The summed E-state index contributed by atoms with van der Waals surface area (Å²) in [6, 6.07) is 7.21. The Morgan fingerprint density at radius 2 is 2.25 bits per heavy atom. The summed E-state index contributed by atoms with van der Waals surface area (Å²) in [6.07, 6.45) is 1.10. The van der Waals surface area contributed by atoms with E-state index < -0.39 is 5.92 Å². The molecule has 1 heterocycles. The Kier molecular flexibility index (Phi) is 4.74. The van der Waals surface area contributed by atoms with Crippen LogP contribution in [0, 0.1) is 5.92 Å². The summed E-state index contributed by atoms with van der Waals surface area (Å²) in [4.78, 5) is 22.7. The van der Waals surface area contributed by atoms with E-state index in [-0.39, 0.29) is 24.6 Å². The van der Waals surface area contributed by atoms with Crippen molar-refractivity contribution in [3.05, 3.63) is 35.4 Å². The molecule has 2 atom stereocenters. The van der Waals surface area contributed by atoms with Crippen LogP contribution < -0.4 is 0 Å². The van der Waals surface area contributed by atoms with E-state index in [0.29, 0.717) is 25.0 Å². The molecule has 0 unspecified atom stereocenters. The van der Waals surface area contributed by atoms with Gasteiger partial charge in [0.15, 0.2) is 0 Å². The first-order chi connectivity index (χ1) is 9.65. The first-order valence-electron chi connectivity index (χ1n) is 6.73. The molecule has 5 heteroatoms. The van der Waals surface area contributed by atoms with Gasteiger partial charge in [0.1, 0.15) is 12.0 Å². The topological polar surface area (TPSA) is 72.8 Å². The number of carbonyl (C=O) groups excluding carboxylic acids is 2. The standard InChI is InChI=1S/C15H18O5/c1-2-19-14(17)11-5-3-4-10(8-11)6-7-13-12(9-16)15(18)20-13/h3-5,8,12-13,16H,2,6-7,9H2,1H3/t12-,13-/m0/s1. The lowest BCUT2D eigenvalue weighted by Crippen LogP contribution is -2.47. The molecule has 0 bridgehead atoms. The third-order valence-electron chi connectivity index (χ3n) is 3.37. The largest absolute Gasteiger partial charge is 0.462 e. The van der Waals surface area contributed by atoms with E-state index in [9.17, 15) is 9.59 Å². The number of cyclic esters (lactones) is 1. The fourth-order valence-electron chi connectivity index (χ4n) is 2.23. The number of aliphatic hydroxyl groups is 1. The highest BCUT2D eigenvalue weighted by Crippen LogP contribution is 2.26. The highest BCUT2D eigenvalue weighted by Gasteiger charge is 2.41. The molecule has 1 aromatic carbocycles. The van der Waals surface area contributed by atoms with E-state index in [1.54, 1.807) is 25.1 Å². The van der Waals surface area contributed by atoms with Gasteiger partial charge < -0.3 is 14.6 Å². The van der Waals surface area contributed by atoms with Crippen molar-refractivity contribution in [1.82, 2.24) is 0 Å². The zero-order valence-corrected chi connectivity index (χ0v) is 11.4. The van der Waals surface area contributed by atoms with Crippen LogP contribution in [-0.4, -0.2) is 36.4 Å². The van der Waals surface area contributed by atoms with Crippen molar-refractivity contribution in [2.45, 2.75) is 25.9 Å². The predicted molar refractivity (Wildman–Crippen MR) is 71.2 cm³/mol. The molecule has 1 aromatic rings. The molecule has 0 amide bonds. The summed E-state index contributed by atoms with van der Waals surface area (Å²) in [6.45, 7) is 1.94. The second-order valence-electron chi connectivity index (χ2n) is 4.72. The molecule has 1 aliphatic rings. The second-order valence-corrected chi connectivity index (χ2v) is 4.72. The van der Waals surface area contributed by atoms with Crippen molar-refractivity contribution in [1.29, 1.82) is 0 Å². The van der Waals surface area contributed by atoms with E-state index in [4.69, 9.17) is 14.6 Å². The fraction of sp³-hybridized carbons (Fsp3) is 0.467. The van der Waals surface area contributed by atoms with Crippen LogP contribution in [-0.2, 0) is 20.7 Å². The van der Waals surface area contributed by atoms with Crippen molar-refractivity contribution in [2.75, 3.05) is 13.2 Å². The second kappa shape index (κ2) is 6.52. The van der Waals surface area contributed by atoms with Crippen LogP contribution >= 0.6 is 0 Å². The Balaban J connectivity index is 1.92. The Labute approximate surface area is 117 Å². The minimum absolute atomic E-state index is 0.174. The van der Waals surface area contributed by atoms with Crippen molar-refractivity contribution in [2.24, 2.45) is 5.92 Å². The molecular weight excluding hydrogens is 260 g/mol. The summed E-state index contributed by atoms with van der Waals surface area (Å²) >= 11 is 0. The molecule has 2 rings (SSSR count). The molecule has 1 N–H and O–H groups in total. The monoisotopic (exact) mass is 278 g/mol. The van der Waals surface area contributed by atoms with E-state index in [1.807, 2.05) is 6.07 Å². The van der Waals surface area contributed by atoms with Gasteiger partial charge in [0.25, 0.3) is 0 Å². The lowest BCUT2D eigenvalue weighted by molar-refractivity contribution is -0.188. The third-order valence-corrected chi connectivity index (χ3v) is 3.37. The van der Waals surface area contributed by atoms with Gasteiger partial charge in [-0.1, -0.05) is 12.1 Å². The predicted octanol–water partition coefficient (Wildman–Crippen LogP) is 1.33. The quantitative estimate of drug-likeness (QED) is 0.795. The van der Waals surface area contributed by atoms with Crippen LogP contribution in [0.4, 0.5) is 0 Å². The minimum Gasteiger partial charge on any atom is -0.462 e. The van der Waals surface area contributed by atoms with E-state index in [2.05, 4.69) is 0 Å². The van der Waals surface area contributed by atoms with E-state index >= 15 is 0 Å². The highest BCUT2D eigenvalue weighted by molar-refractivity contribution is 5.89. The molecule has 20 heavy (non-hydrogen) atoms. The normalized spacial score (nSPS) is 21.0. The van der Waals surface area contributed by atoms with E-state index in [1.165, 1.54) is 0 Å². The van der Waals surface area contributed by atoms with Crippen molar-refractivity contribution in [3.63, 3.8) is 0 Å². The molecule has 5 nitrogen and oxygen atoms in total. The number of ether oxygens (including phenoxy) is 2. The number of hydrogen-bond donors (Lipinski definition) is 1. The molecule has 1 saturated heterocycles. The maximum atomic E-state index is 11.6. The first kappa shape index (κ1) is 14.5. The molecule has 1 fully saturated rings. The molecule has 0 radical (unpaired) electrons. The number of carbonyl (C=O) groups is 2. The summed E-state index contributed by atoms with van der Waals surface area (Å²) in [5.41, 5.74) is 1.50. The summed E-state index contributed by atoms with van der Waals surface area (Å²) < 4.78 is 9.94. The molecule has 0 saturated carbocycles. The average molecular weight is 278 g/mol. The minimum atomic E-state index is -0.400. The molecule has 0 aliphatic carbocycles. The van der Waals surface area contributed by atoms with Gasteiger partial charge in [-0.15, -0.1) is 0 Å². The maximum absolute atomic E-state index is 11.6. The highest BCUT2D eigenvalue weighted by atomic mass is 16.6. The molecule has 1 aliphatic heterocycles. The Hall–Kier alpha value is -1.88. The number of hydrogen-bond acceptors (Lipinski definition) is 5. The Morgan fingerprint density at radius 1 is 1.45 bits per heavy atom. The van der Waals surface area contributed by atoms with Gasteiger partial charge in [-0.2, -0.15) is 0 Å². The molecular formula is C15H18O5. The fourth-order valence-corrected chi connectivity index (χ4v) is 2.23. The zero-order chi connectivity index (χ0) is 14.5. The zero-order valence-electron chi connectivity index (χ0n) is 11.4. The van der Waals surface area contributed by atoms with Crippen molar-refractivity contribution in [3.8, 4) is 0 Å². The van der Waals surface area contributed by atoms with Crippen LogP contribution in [0.15, 0.2) is 24.3 Å². The SMILES string of the molecule is CCOC(=O)c1cccc(CC[C@@H]2OC(=O)[C@H]2CO)c1. The Bertz CT molecular complexity index is 497. The molecule has 108 valence electrons. The summed E-state index contributed by atoms with van der Waals surface area (Å²) in [7, 11) is 0. The molecule has 0 spiro atoms. The van der Waals surface area contributed by atoms with Crippen LogP contribution in [0.5, 0.6) is 0 Å². The Morgan fingerprint density at radius 3 is 2.90 bits per heavy atom. The summed E-state index contributed by atoms with van der Waals surface area (Å²) in [5.74, 6) is -1.07. The maximum Gasteiger partial charge on any atom is 0.338 e. The first-order valence-corrected chi connectivity index (χ1v) is 6.73. The van der Waals surface area contributed by atoms with Gasteiger partial charge in [0.05, 0.1) is 18.8 Å². The lowest BCUT2D eigenvalue weighted by atomic mass is 9.92. The van der Waals surface area contributed by atoms with Gasteiger partial charge in [-0.05, 0) is 37.5 Å². The number of aryl methyl sites for hydroxylation is 1. The van der Waals surface area contributed by atoms with Crippen LogP contribution in [0.2, 0.25) is 0 Å². The molecule has 0 aromatic heterocycles. The average Bonchev–Trinajstić information content (AvgIpc) is 2.44. The number of esters is 2. The van der Waals surface area contributed by atoms with Gasteiger partial charge in [0, 0.05) is 0 Å². The smallest absolute Gasteiger partial charge is 0.338 e. The van der Waals surface area contributed by atoms with Gasteiger partial charge in [-0.25, -0.2) is 4.79 Å². The third kappa shape index (κ3) is 3.17. The van der Waals surface area contributed by atoms with Gasteiger partial charge in [-0.3, -0.25) is 4.79 Å². The lowest BCUT2D eigenvalue weighted by Gasteiger charge is -2.33. The van der Waals surface area contributed by atoms with Gasteiger partial charge in [0.2, 0.25) is 0 Å². The van der Waals surface area contributed by atoms with Crippen LogP contribution in [0.25, 0.3) is 0 Å². The van der Waals surface area contributed by atoms with Crippen LogP contribution in [0.1, 0.15) is 29.3 Å².